The van der Waals surface area contributed by atoms with E-state index in [-0.39, 0.29) is 12.6 Å². The zero-order chi connectivity index (χ0) is 25.3. The number of carbonyl (C=O) groups is 2. The van der Waals surface area contributed by atoms with Crippen LogP contribution in [-0.2, 0) is 16.1 Å². The summed E-state index contributed by atoms with van der Waals surface area (Å²) in [5, 5.41) is 16.7. The molecule has 0 saturated heterocycles. The van der Waals surface area contributed by atoms with Gasteiger partial charge < -0.3 is 15.0 Å². The van der Waals surface area contributed by atoms with Gasteiger partial charge in [0.05, 0.1) is 0 Å². The van der Waals surface area contributed by atoms with Crippen molar-refractivity contribution in [1.29, 1.82) is 0 Å². The number of H-pyrrole nitrogens is 1. The van der Waals surface area contributed by atoms with E-state index in [1.54, 1.807) is 18.3 Å². The molecule has 0 fully saturated rings. The molecule has 2 heterocycles. The Morgan fingerprint density at radius 1 is 1.03 bits per heavy atom. The number of pyridine rings is 1. The number of aromatic amines is 1. The normalized spacial score (nSPS) is 10.6. The van der Waals surface area contributed by atoms with Gasteiger partial charge in [0.15, 0.2) is 12.6 Å². The fourth-order valence-electron chi connectivity index (χ4n) is 3.84. The fraction of sp³-hybridized carbons (Fsp3) is 0.231. The first-order chi connectivity index (χ1) is 17.6. The molecule has 2 aromatic carbocycles. The molecule has 4 aromatic rings. The highest BCUT2D eigenvalue weighted by Gasteiger charge is 2.19. The van der Waals surface area contributed by atoms with Gasteiger partial charge in [0, 0.05) is 31.8 Å². The highest BCUT2D eigenvalue weighted by molar-refractivity contribution is 5.95. The number of anilines is 1. The highest BCUT2D eigenvalue weighted by Crippen LogP contribution is 2.30. The van der Waals surface area contributed by atoms with Crippen molar-refractivity contribution in [2.75, 3.05) is 18.2 Å². The summed E-state index contributed by atoms with van der Waals surface area (Å²) in [6.45, 7) is 4.50. The van der Waals surface area contributed by atoms with Crippen molar-refractivity contribution in [2.24, 2.45) is 0 Å². The largest absolute Gasteiger partial charge is 0.441 e. The van der Waals surface area contributed by atoms with E-state index in [0.717, 1.165) is 28.7 Å². The molecule has 0 aliphatic carbocycles. The molecule has 0 spiro atoms. The van der Waals surface area contributed by atoms with Gasteiger partial charge in [0.1, 0.15) is 11.4 Å². The lowest BCUT2D eigenvalue weighted by Gasteiger charge is -2.25. The van der Waals surface area contributed by atoms with Crippen molar-refractivity contribution >= 4 is 17.7 Å². The molecule has 4 rings (SSSR count). The van der Waals surface area contributed by atoms with Crippen LogP contribution in [0.4, 0.5) is 5.82 Å². The number of aromatic nitrogens is 5. The SMILES string of the molecule is CCCN(Cc1ccc(-c2ccccc2-c2nnn[nH]2)cc1)c1ncccc1C(=O)OCNC(C)=O. The summed E-state index contributed by atoms with van der Waals surface area (Å²) >= 11 is 0. The van der Waals surface area contributed by atoms with E-state index in [1.165, 1.54) is 6.92 Å². The smallest absolute Gasteiger partial charge is 0.343 e. The second kappa shape index (κ2) is 11.7. The minimum absolute atomic E-state index is 0.191. The molecule has 0 bridgehead atoms. The Hall–Kier alpha value is -4.60. The molecule has 2 N–H and O–H groups in total. The summed E-state index contributed by atoms with van der Waals surface area (Å²) in [4.78, 5) is 30.3. The Kier molecular flexibility index (Phi) is 7.97. The zero-order valence-corrected chi connectivity index (χ0v) is 20.1. The molecule has 184 valence electrons. The number of carbonyl (C=O) groups excluding carboxylic acids is 2. The van der Waals surface area contributed by atoms with E-state index in [4.69, 9.17) is 4.74 Å². The van der Waals surface area contributed by atoms with Crippen LogP contribution in [0.15, 0.2) is 66.9 Å². The quantitative estimate of drug-likeness (QED) is 0.258. The summed E-state index contributed by atoms with van der Waals surface area (Å²) in [6, 6.07) is 19.5. The van der Waals surface area contributed by atoms with Crippen LogP contribution >= 0.6 is 0 Å². The van der Waals surface area contributed by atoms with Crippen LogP contribution in [0.2, 0.25) is 0 Å². The minimum Gasteiger partial charge on any atom is -0.441 e. The molecule has 10 nitrogen and oxygen atoms in total. The van der Waals surface area contributed by atoms with E-state index >= 15 is 0 Å². The predicted molar refractivity (Wildman–Crippen MR) is 135 cm³/mol. The first-order valence-corrected chi connectivity index (χ1v) is 11.6. The standard InChI is InChI=1S/C26H27N7O3/c1-3-15-33(25-23(9-6-14-27-25)26(35)36-17-28-18(2)34)16-19-10-12-20(13-11-19)21-7-4-5-8-22(21)24-29-31-32-30-24/h4-14H,3,15-17H2,1-2H3,(H,28,34)(H,29,30,31,32). The number of nitrogens with zero attached hydrogens (tertiary/aromatic N) is 5. The summed E-state index contributed by atoms with van der Waals surface area (Å²) < 4.78 is 5.21. The average Bonchev–Trinajstić information content (AvgIpc) is 3.44. The molecule has 0 radical (unpaired) electrons. The molecule has 36 heavy (non-hydrogen) atoms. The lowest BCUT2D eigenvalue weighted by molar-refractivity contribution is -0.120. The third-order valence-electron chi connectivity index (χ3n) is 5.49. The maximum Gasteiger partial charge on any atom is 0.343 e. The van der Waals surface area contributed by atoms with Crippen LogP contribution in [0.25, 0.3) is 22.5 Å². The van der Waals surface area contributed by atoms with Crippen LogP contribution in [0.1, 0.15) is 36.2 Å². The Bertz CT molecular complexity index is 1310. The van der Waals surface area contributed by atoms with E-state index in [9.17, 15) is 9.59 Å². The summed E-state index contributed by atoms with van der Waals surface area (Å²) in [7, 11) is 0. The minimum atomic E-state index is -0.540. The molecule has 2 aromatic heterocycles. The first kappa shape index (κ1) is 24.5. The summed E-state index contributed by atoms with van der Waals surface area (Å²) in [5.74, 6) is 0.337. The number of benzene rings is 2. The van der Waals surface area contributed by atoms with Gasteiger partial charge in [0.2, 0.25) is 5.91 Å². The van der Waals surface area contributed by atoms with E-state index < -0.39 is 5.97 Å². The van der Waals surface area contributed by atoms with Gasteiger partial charge in [-0.05, 0) is 45.7 Å². The van der Waals surface area contributed by atoms with Gasteiger partial charge >= 0.3 is 5.97 Å². The fourth-order valence-corrected chi connectivity index (χ4v) is 3.84. The van der Waals surface area contributed by atoms with E-state index in [0.29, 0.717) is 30.3 Å². The van der Waals surface area contributed by atoms with Gasteiger partial charge in [-0.1, -0.05) is 55.5 Å². The molecular formula is C26H27N7O3. The lowest BCUT2D eigenvalue weighted by Crippen LogP contribution is -2.28. The van der Waals surface area contributed by atoms with Crippen LogP contribution in [0.5, 0.6) is 0 Å². The Labute approximate surface area is 208 Å². The van der Waals surface area contributed by atoms with Crippen molar-refractivity contribution in [1.82, 2.24) is 30.9 Å². The second-order valence-electron chi connectivity index (χ2n) is 8.10. The zero-order valence-electron chi connectivity index (χ0n) is 20.1. The van der Waals surface area contributed by atoms with Gasteiger partial charge in [0.25, 0.3) is 0 Å². The number of nitrogens with one attached hydrogen (secondary N) is 2. The topological polar surface area (TPSA) is 126 Å². The van der Waals surface area contributed by atoms with E-state index in [2.05, 4.69) is 67.0 Å². The molecule has 0 saturated carbocycles. The van der Waals surface area contributed by atoms with Crippen LogP contribution in [-0.4, -0.2) is 50.8 Å². The Morgan fingerprint density at radius 3 is 2.50 bits per heavy atom. The number of ether oxygens (including phenoxy) is 1. The van der Waals surface area contributed by atoms with E-state index in [1.807, 2.05) is 24.3 Å². The number of hydrogen-bond donors (Lipinski definition) is 2. The van der Waals surface area contributed by atoms with Crippen molar-refractivity contribution in [3.8, 4) is 22.5 Å². The van der Waals surface area contributed by atoms with Crippen molar-refractivity contribution in [3.05, 3.63) is 78.0 Å². The molecule has 0 atom stereocenters. The molecule has 0 aliphatic heterocycles. The van der Waals surface area contributed by atoms with Crippen LogP contribution in [0, 0.1) is 0 Å². The third-order valence-corrected chi connectivity index (χ3v) is 5.49. The molecular weight excluding hydrogens is 458 g/mol. The number of amides is 1. The number of hydrogen-bond acceptors (Lipinski definition) is 8. The summed E-state index contributed by atoms with van der Waals surface area (Å²) in [5.41, 5.74) is 4.38. The molecule has 0 unspecified atom stereocenters. The van der Waals surface area contributed by atoms with Gasteiger partial charge in [-0.25, -0.2) is 14.9 Å². The molecule has 1 amide bonds. The van der Waals surface area contributed by atoms with Crippen LogP contribution < -0.4 is 10.2 Å². The lowest BCUT2D eigenvalue weighted by atomic mass is 9.98. The Morgan fingerprint density at radius 2 is 1.81 bits per heavy atom. The first-order valence-electron chi connectivity index (χ1n) is 11.6. The number of tetrazole rings is 1. The van der Waals surface area contributed by atoms with Crippen molar-refractivity contribution < 1.29 is 14.3 Å². The summed E-state index contributed by atoms with van der Waals surface area (Å²) in [6.07, 6.45) is 2.52. The maximum atomic E-state index is 12.7. The Balaban J connectivity index is 1.55. The number of rotatable bonds is 10. The third kappa shape index (κ3) is 5.90. The monoisotopic (exact) mass is 485 g/mol. The molecule has 10 heteroatoms. The van der Waals surface area contributed by atoms with Crippen molar-refractivity contribution in [3.63, 3.8) is 0 Å². The number of esters is 1. The van der Waals surface area contributed by atoms with Gasteiger partial charge in [-0.15, -0.1) is 5.10 Å². The van der Waals surface area contributed by atoms with Crippen molar-refractivity contribution in [2.45, 2.75) is 26.8 Å². The van der Waals surface area contributed by atoms with Gasteiger partial charge in [-0.3, -0.25) is 4.79 Å². The highest BCUT2D eigenvalue weighted by atomic mass is 16.5. The van der Waals surface area contributed by atoms with Crippen LogP contribution in [0.3, 0.4) is 0 Å². The average molecular weight is 486 g/mol. The molecule has 0 aliphatic rings. The maximum absolute atomic E-state index is 12.7. The second-order valence-corrected chi connectivity index (χ2v) is 8.10. The predicted octanol–water partition coefficient (Wildman–Crippen LogP) is 3.60. The van der Waals surface area contributed by atoms with Gasteiger partial charge in [-0.2, -0.15) is 0 Å².